The number of hydrogen-bond acceptors (Lipinski definition) is 4. The van der Waals surface area contributed by atoms with Crippen LogP contribution in [0.1, 0.15) is 6.42 Å². The van der Waals surface area contributed by atoms with Gasteiger partial charge in [-0.25, -0.2) is 0 Å². The Labute approximate surface area is 138 Å². The quantitative estimate of drug-likeness (QED) is 0.906. The molecule has 2 saturated heterocycles. The molecule has 0 spiro atoms. The Kier molecular flexibility index (Phi) is 3.72. The van der Waals surface area contributed by atoms with Crippen LogP contribution in [-0.4, -0.2) is 58.1 Å². The zero-order valence-electron chi connectivity index (χ0n) is 12.7. The fraction of sp³-hybridized carbons (Fsp3) is 0.438. The lowest BCUT2D eigenvalue weighted by Crippen LogP contribution is -2.42. The number of H-pyrrole nitrogens is 1. The third-order valence-corrected chi connectivity index (χ3v) is 5.45. The van der Waals surface area contributed by atoms with E-state index in [0.29, 0.717) is 12.4 Å². The fourth-order valence-electron chi connectivity index (χ4n) is 3.27. The number of para-hydroxylation sites is 1. The van der Waals surface area contributed by atoms with Gasteiger partial charge in [-0.1, -0.05) is 12.1 Å². The summed E-state index contributed by atoms with van der Waals surface area (Å²) in [6.07, 6.45) is 0.281. The van der Waals surface area contributed by atoms with Crippen LogP contribution in [0.15, 0.2) is 24.3 Å². The number of anilines is 1. The molecule has 4 rings (SSSR count). The number of fused-ring (bicyclic) bond motifs is 1. The fourth-order valence-corrected chi connectivity index (χ4v) is 4.18. The van der Waals surface area contributed by atoms with Crippen molar-refractivity contribution in [3.63, 3.8) is 0 Å². The van der Waals surface area contributed by atoms with E-state index < -0.39 is 0 Å². The van der Waals surface area contributed by atoms with Crippen molar-refractivity contribution in [1.29, 1.82) is 0 Å². The van der Waals surface area contributed by atoms with Crippen molar-refractivity contribution in [3.8, 4) is 0 Å². The molecule has 1 N–H and O–H groups in total. The van der Waals surface area contributed by atoms with Crippen molar-refractivity contribution in [1.82, 2.24) is 15.1 Å². The number of benzene rings is 1. The van der Waals surface area contributed by atoms with Gasteiger partial charge in [-0.3, -0.25) is 19.6 Å². The van der Waals surface area contributed by atoms with Gasteiger partial charge in [0.05, 0.1) is 11.4 Å². The molecule has 0 aliphatic carbocycles. The van der Waals surface area contributed by atoms with Crippen LogP contribution in [0.4, 0.5) is 5.82 Å². The van der Waals surface area contributed by atoms with Gasteiger partial charge in [0.25, 0.3) is 0 Å². The van der Waals surface area contributed by atoms with E-state index in [1.54, 1.807) is 4.90 Å². The number of nitrogens with one attached hydrogen (secondary N) is 1. The minimum Gasteiger partial charge on any atom is -0.341 e. The Morgan fingerprint density at radius 3 is 2.87 bits per heavy atom. The van der Waals surface area contributed by atoms with E-state index in [2.05, 4.69) is 10.2 Å². The monoisotopic (exact) mass is 330 g/mol. The SMILES string of the molecule is O=C([C@@H]1CC(=O)N(c2n[nH]c3ccccc23)C1)N1CCSCC1. The van der Waals surface area contributed by atoms with Gasteiger partial charge < -0.3 is 4.90 Å². The van der Waals surface area contributed by atoms with Crippen LogP contribution in [0.3, 0.4) is 0 Å². The van der Waals surface area contributed by atoms with E-state index in [-0.39, 0.29) is 24.2 Å². The third-order valence-electron chi connectivity index (χ3n) is 4.50. The van der Waals surface area contributed by atoms with Gasteiger partial charge in [-0.05, 0) is 12.1 Å². The summed E-state index contributed by atoms with van der Waals surface area (Å²) in [5, 5.41) is 8.16. The highest BCUT2D eigenvalue weighted by Crippen LogP contribution is 2.30. The largest absolute Gasteiger partial charge is 0.341 e. The summed E-state index contributed by atoms with van der Waals surface area (Å²) < 4.78 is 0. The van der Waals surface area contributed by atoms with Gasteiger partial charge in [0.1, 0.15) is 0 Å². The van der Waals surface area contributed by atoms with E-state index in [0.717, 1.165) is 35.5 Å². The van der Waals surface area contributed by atoms with Gasteiger partial charge in [0.2, 0.25) is 11.8 Å². The average Bonchev–Trinajstić information content (AvgIpc) is 3.18. The van der Waals surface area contributed by atoms with Crippen LogP contribution in [0, 0.1) is 5.92 Å². The Bertz CT molecular complexity index is 753. The van der Waals surface area contributed by atoms with Crippen LogP contribution in [0.5, 0.6) is 0 Å². The second-order valence-electron chi connectivity index (χ2n) is 5.94. The number of aromatic amines is 1. The molecule has 0 saturated carbocycles. The first kappa shape index (κ1) is 14.6. The lowest BCUT2D eigenvalue weighted by Gasteiger charge is -2.28. The summed E-state index contributed by atoms with van der Waals surface area (Å²) in [5.41, 5.74) is 0.901. The van der Waals surface area contributed by atoms with Crippen LogP contribution in [-0.2, 0) is 9.59 Å². The summed E-state index contributed by atoms with van der Waals surface area (Å²) >= 11 is 1.87. The van der Waals surface area contributed by atoms with Crippen LogP contribution < -0.4 is 4.90 Å². The highest BCUT2D eigenvalue weighted by Gasteiger charge is 2.38. The van der Waals surface area contributed by atoms with Crippen molar-refractivity contribution < 1.29 is 9.59 Å². The standard InChI is InChI=1S/C16H18N4O2S/c21-14-9-11(16(22)19-5-7-23-8-6-19)10-20(14)15-12-3-1-2-4-13(12)17-18-15/h1-4,11H,5-10H2,(H,17,18)/t11-/m1/s1. The number of carbonyl (C=O) groups is 2. The molecule has 2 aromatic rings. The Hall–Kier alpha value is -2.02. The van der Waals surface area contributed by atoms with Crippen molar-refractivity contribution in [2.45, 2.75) is 6.42 Å². The molecule has 2 amide bonds. The number of aromatic nitrogens is 2. The number of hydrogen-bond donors (Lipinski definition) is 1. The summed E-state index contributed by atoms with van der Waals surface area (Å²) in [6, 6.07) is 7.73. The van der Waals surface area contributed by atoms with Crippen molar-refractivity contribution in [3.05, 3.63) is 24.3 Å². The summed E-state index contributed by atoms with van der Waals surface area (Å²) in [7, 11) is 0. The van der Waals surface area contributed by atoms with Gasteiger partial charge in [0.15, 0.2) is 5.82 Å². The molecule has 6 nitrogen and oxygen atoms in total. The first-order valence-electron chi connectivity index (χ1n) is 7.84. The molecule has 1 aromatic heterocycles. The summed E-state index contributed by atoms with van der Waals surface area (Å²) in [4.78, 5) is 28.6. The molecular weight excluding hydrogens is 312 g/mol. The number of thioether (sulfide) groups is 1. The van der Waals surface area contributed by atoms with Gasteiger partial charge in [-0.2, -0.15) is 16.9 Å². The minimum absolute atomic E-state index is 0.0213. The topological polar surface area (TPSA) is 69.3 Å². The number of nitrogens with zero attached hydrogens (tertiary/aromatic N) is 3. The summed E-state index contributed by atoms with van der Waals surface area (Å²) in [6.45, 7) is 2.01. The first-order valence-corrected chi connectivity index (χ1v) is 8.99. The van der Waals surface area contributed by atoms with E-state index in [1.165, 1.54) is 0 Å². The van der Waals surface area contributed by atoms with Crippen LogP contribution in [0.2, 0.25) is 0 Å². The lowest BCUT2D eigenvalue weighted by molar-refractivity contribution is -0.135. The zero-order chi connectivity index (χ0) is 15.8. The normalized spacial score (nSPS) is 22.1. The van der Waals surface area contributed by atoms with Crippen LogP contribution >= 0.6 is 11.8 Å². The van der Waals surface area contributed by atoms with Gasteiger partial charge in [-0.15, -0.1) is 0 Å². The molecule has 2 aliphatic heterocycles. The Morgan fingerprint density at radius 2 is 2.04 bits per heavy atom. The molecule has 23 heavy (non-hydrogen) atoms. The molecule has 0 radical (unpaired) electrons. The number of carbonyl (C=O) groups excluding carboxylic acids is 2. The predicted molar refractivity (Wildman–Crippen MR) is 90.5 cm³/mol. The molecule has 3 heterocycles. The Balaban J connectivity index is 1.55. The first-order chi connectivity index (χ1) is 11.2. The van der Waals surface area contributed by atoms with Crippen LogP contribution in [0.25, 0.3) is 10.9 Å². The highest BCUT2D eigenvalue weighted by molar-refractivity contribution is 7.99. The van der Waals surface area contributed by atoms with Crippen molar-refractivity contribution in [2.24, 2.45) is 5.92 Å². The molecule has 120 valence electrons. The molecular formula is C16H18N4O2S. The molecule has 0 unspecified atom stereocenters. The average molecular weight is 330 g/mol. The zero-order valence-corrected chi connectivity index (χ0v) is 13.5. The second-order valence-corrected chi connectivity index (χ2v) is 7.16. The van der Waals surface area contributed by atoms with Gasteiger partial charge in [0, 0.05) is 42.9 Å². The molecule has 2 fully saturated rings. The van der Waals surface area contributed by atoms with Crippen molar-refractivity contribution >= 4 is 40.3 Å². The van der Waals surface area contributed by atoms with E-state index in [9.17, 15) is 9.59 Å². The summed E-state index contributed by atoms with van der Waals surface area (Å²) in [5.74, 6) is 2.45. The molecule has 2 aliphatic rings. The highest BCUT2D eigenvalue weighted by atomic mass is 32.2. The number of amides is 2. The van der Waals surface area contributed by atoms with E-state index >= 15 is 0 Å². The Morgan fingerprint density at radius 1 is 1.26 bits per heavy atom. The lowest BCUT2D eigenvalue weighted by atomic mass is 10.1. The number of rotatable bonds is 2. The maximum absolute atomic E-state index is 12.6. The van der Waals surface area contributed by atoms with Gasteiger partial charge >= 0.3 is 0 Å². The maximum Gasteiger partial charge on any atom is 0.229 e. The van der Waals surface area contributed by atoms with E-state index in [1.807, 2.05) is 40.9 Å². The van der Waals surface area contributed by atoms with E-state index in [4.69, 9.17) is 0 Å². The molecule has 1 aromatic carbocycles. The molecule has 7 heteroatoms. The maximum atomic E-state index is 12.6. The molecule has 0 bridgehead atoms. The predicted octanol–water partition coefficient (Wildman–Crippen LogP) is 1.49. The minimum atomic E-state index is -0.249. The van der Waals surface area contributed by atoms with Crippen molar-refractivity contribution in [2.75, 3.05) is 36.0 Å². The second kappa shape index (κ2) is 5.88. The smallest absolute Gasteiger partial charge is 0.229 e. The molecule has 1 atom stereocenters. The third kappa shape index (κ3) is 2.59.